The summed E-state index contributed by atoms with van der Waals surface area (Å²) in [5.41, 5.74) is 2.17. The van der Waals surface area contributed by atoms with Gasteiger partial charge in [-0.05, 0) is 38.5 Å². The maximum atomic E-state index is 14.0. The second-order valence-corrected chi connectivity index (χ2v) is 10.4. The minimum Gasteiger partial charge on any atom is -0.465 e. The predicted molar refractivity (Wildman–Crippen MR) is 145 cm³/mol. The lowest BCUT2D eigenvalue weighted by atomic mass is 9.95. The summed E-state index contributed by atoms with van der Waals surface area (Å²) < 4.78 is 30.5. The van der Waals surface area contributed by atoms with Crippen LogP contribution in [0, 0.1) is 5.82 Å². The van der Waals surface area contributed by atoms with Crippen LogP contribution in [0.2, 0.25) is 0 Å². The summed E-state index contributed by atoms with van der Waals surface area (Å²) in [6.45, 7) is 8.77. The largest absolute Gasteiger partial charge is 0.465 e. The lowest BCUT2D eigenvalue weighted by Crippen LogP contribution is -2.43. The number of thiazole rings is 1. The number of carbonyl (C=O) groups excluding carboxylic acids is 2. The molecular weight excluding hydrogens is 579 g/mol. The fraction of sp³-hybridized carbons (Fsp3) is 0.462. The van der Waals surface area contributed by atoms with Crippen molar-refractivity contribution < 1.29 is 28.2 Å². The number of amidine groups is 1. The molecule has 204 valence electrons. The number of nitrogens with one attached hydrogen (secondary N) is 1. The molecular formula is C26H30BrFN4O5S. The number of carbonyl (C=O) groups is 2. The van der Waals surface area contributed by atoms with E-state index < -0.39 is 23.7 Å². The highest BCUT2D eigenvalue weighted by Crippen LogP contribution is 2.37. The maximum Gasteiger partial charge on any atom is 0.338 e. The van der Waals surface area contributed by atoms with Crippen molar-refractivity contribution in [3.8, 4) is 0 Å². The molecule has 2 aromatic rings. The first-order chi connectivity index (χ1) is 18.3. The van der Waals surface area contributed by atoms with E-state index in [1.54, 1.807) is 32.2 Å². The van der Waals surface area contributed by atoms with Crippen molar-refractivity contribution >= 4 is 45.0 Å². The molecule has 1 N–H and O–H groups in total. The molecule has 0 radical (unpaired) electrons. The Bertz CT molecular complexity index is 1240. The Kier molecular flexibility index (Phi) is 9.64. The lowest BCUT2D eigenvalue weighted by molar-refractivity contribution is -0.144. The number of aliphatic imine (C=N–C) groups is 1. The van der Waals surface area contributed by atoms with Crippen molar-refractivity contribution in [2.24, 2.45) is 4.99 Å². The van der Waals surface area contributed by atoms with Gasteiger partial charge < -0.3 is 19.5 Å². The van der Waals surface area contributed by atoms with E-state index in [0.29, 0.717) is 70.7 Å². The molecule has 12 heteroatoms. The first kappa shape index (κ1) is 28.3. The van der Waals surface area contributed by atoms with Gasteiger partial charge in [0.1, 0.15) is 11.9 Å². The number of hydrogen-bond donors (Lipinski definition) is 1. The normalized spacial score (nSPS) is 19.0. The van der Waals surface area contributed by atoms with Crippen molar-refractivity contribution in [1.29, 1.82) is 0 Å². The molecule has 3 heterocycles. The number of benzene rings is 1. The van der Waals surface area contributed by atoms with Crippen molar-refractivity contribution in [3.05, 3.63) is 61.4 Å². The van der Waals surface area contributed by atoms with Crippen LogP contribution in [0.25, 0.3) is 0 Å². The average Bonchev–Trinajstić information content (AvgIpc) is 3.39. The third kappa shape index (κ3) is 6.48. The first-order valence-electron chi connectivity index (χ1n) is 12.4. The van der Waals surface area contributed by atoms with Gasteiger partial charge in [-0.3, -0.25) is 14.7 Å². The van der Waals surface area contributed by atoms with Gasteiger partial charge in [0.2, 0.25) is 0 Å². The van der Waals surface area contributed by atoms with Crippen LogP contribution < -0.4 is 5.32 Å². The number of esters is 2. The predicted octanol–water partition coefficient (Wildman–Crippen LogP) is 3.95. The van der Waals surface area contributed by atoms with Crippen molar-refractivity contribution in [2.45, 2.75) is 32.7 Å². The number of halogens is 2. The number of hydrogen-bond acceptors (Lipinski definition) is 10. The standard InChI is InChI=1S/C26H30BrFN4O5S/c1-4-36-25(33)15(3)20-14-38-24(30-20)23-29-19(13-32-8-10-35-11-9-32)21(26(34)37-5-2)22(31-23)17-7-6-16(28)12-18(17)27/h6-7,12,14-15,22H,4-5,8-11,13H2,1-3H3,(H,29,31). The minimum absolute atomic E-state index is 0.197. The Balaban J connectivity index is 1.78. The van der Waals surface area contributed by atoms with Crippen molar-refractivity contribution in [1.82, 2.24) is 15.2 Å². The number of nitrogens with zero attached hydrogens (tertiary/aromatic N) is 3. The molecule has 9 nitrogen and oxygen atoms in total. The number of ether oxygens (including phenoxy) is 3. The summed E-state index contributed by atoms with van der Waals surface area (Å²) in [5.74, 6) is -1.34. The van der Waals surface area contributed by atoms with Crippen molar-refractivity contribution in [3.63, 3.8) is 0 Å². The van der Waals surface area contributed by atoms with Gasteiger partial charge in [-0.25, -0.2) is 14.2 Å². The van der Waals surface area contributed by atoms with E-state index in [4.69, 9.17) is 19.2 Å². The molecule has 0 amide bonds. The topological polar surface area (TPSA) is 102 Å². The van der Waals surface area contributed by atoms with E-state index in [2.05, 4.69) is 31.1 Å². The molecule has 2 aliphatic heterocycles. The zero-order valence-electron chi connectivity index (χ0n) is 21.5. The second-order valence-electron chi connectivity index (χ2n) is 8.72. The number of rotatable bonds is 9. The molecule has 1 aromatic carbocycles. The van der Waals surface area contributed by atoms with Gasteiger partial charge in [0.15, 0.2) is 10.8 Å². The van der Waals surface area contributed by atoms with Crippen molar-refractivity contribution in [2.75, 3.05) is 46.1 Å². The lowest BCUT2D eigenvalue weighted by Gasteiger charge is -2.32. The van der Waals surface area contributed by atoms with Crippen LogP contribution in [0.5, 0.6) is 0 Å². The number of aromatic nitrogens is 1. The summed E-state index contributed by atoms with van der Waals surface area (Å²) in [6.07, 6.45) is 0. The van der Waals surface area contributed by atoms with Crippen LogP contribution in [0.1, 0.15) is 49.0 Å². The molecule has 4 rings (SSSR count). The third-order valence-electron chi connectivity index (χ3n) is 6.17. The quantitative estimate of drug-likeness (QED) is 0.427. The summed E-state index contributed by atoms with van der Waals surface area (Å²) in [6, 6.07) is 3.52. The average molecular weight is 610 g/mol. The molecule has 1 aromatic heterocycles. The molecule has 0 bridgehead atoms. The monoisotopic (exact) mass is 608 g/mol. The molecule has 0 saturated carbocycles. The smallest absolute Gasteiger partial charge is 0.338 e. The highest BCUT2D eigenvalue weighted by Gasteiger charge is 2.35. The van der Waals surface area contributed by atoms with Gasteiger partial charge in [-0.15, -0.1) is 11.3 Å². The zero-order valence-corrected chi connectivity index (χ0v) is 23.9. The summed E-state index contributed by atoms with van der Waals surface area (Å²) in [4.78, 5) is 37.3. The first-order valence-corrected chi connectivity index (χ1v) is 14.1. The van der Waals surface area contributed by atoms with Crippen LogP contribution in [0.3, 0.4) is 0 Å². The second kappa shape index (κ2) is 12.9. The Morgan fingerprint density at radius 3 is 2.68 bits per heavy atom. The summed E-state index contributed by atoms with van der Waals surface area (Å²) in [7, 11) is 0. The van der Waals surface area contributed by atoms with Gasteiger partial charge in [0, 0.05) is 35.2 Å². The molecule has 38 heavy (non-hydrogen) atoms. The van der Waals surface area contributed by atoms with Crippen LogP contribution in [-0.2, 0) is 23.8 Å². The van der Waals surface area contributed by atoms with Crippen LogP contribution in [0.15, 0.2) is 44.3 Å². The Labute approximate surface area is 233 Å². The molecule has 2 atom stereocenters. The summed E-state index contributed by atoms with van der Waals surface area (Å²) in [5, 5.41) is 5.69. The highest BCUT2D eigenvalue weighted by molar-refractivity contribution is 9.10. The fourth-order valence-electron chi connectivity index (χ4n) is 4.19. The molecule has 1 saturated heterocycles. The van der Waals surface area contributed by atoms with Gasteiger partial charge in [0.25, 0.3) is 0 Å². The molecule has 1 fully saturated rings. The van der Waals surface area contributed by atoms with E-state index in [1.807, 2.05) is 0 Å². The maximum absolute atomic E-state index is 14.0. The minimum atomic E-state index is -0.772. The van der Waals surface area contributed by atoms with Gasteiger partial charge in [-0.2, -0.15) is 0 Å². The fourth-order valence-corrected chi connectivity index (χ4v) is 5.62. The SMILES string of the molecule is CCOC(=O)C1=C(CN2CCOCC2)NC(c2nc(C(C)C(=O)OCC)cs2)=NC1c1ccc(F)cc1Br. The van der Waals surface area contributed by atoms with E-state index in [0.717, 1.165) is 0 Å². The Morgan fingerprint density at radius 2 is 2.00 bits per heavy atom. The highest BCUT2D eigenvalue weighted by atomic mass is 79.9. The molecule has 0 spiro atoms. The Morgan fingerprint density at radius 1 is 1.26 bits per heavy atom. The van der Waals surface area contributed by atoms with E-state index in [-0.39, 0.29) is 19.2 Å². The number of morpholine rings is 1. The van der Waals surface area contributed by atoms with Gasteiger partial charge in [0.05, 0.1) is 43.6 Å². The molecule has 2 aliphatic rings. The van der Waals surface area contributed by atoms with E-state index in [9.17, 15) is 14.0 Å². The van der Waals surface area contributed by atoms with Gasteiger partial charge >= 0.3 is 11.9 Å². The van der Waals surface area contributed by atoms with Crippen LogP contribution in [0.4, 0.5) is 4.39 Å². The van der Waals surface area contributed by atoms with Gasteiger partial charge in [-0.1, -0.05) is 22.0 Å². The van der Waals surface area contributed by atoms with E-state index in [1.165, 1.54) is 23.5 Å². The Hall–Kier alpha value is -2.67. The van der Waals surface area contributed by atoms with Crippen LogP contribution in [-0.4, -0.2) is 73.7 Å². The third-order valence-corrected chi connectivity index (χ3v) is 7.73. The zero-order chi connectivity index (χ0) is 27.2. The molecule has 0 aliphatic carbocycles. The van der Waals surface area contributed by atoms with Crippen LogP contribution >= 0.6 is 27.3 Å². The van der Waals surface area contributed by atoms with E-state index >= 15 is 0 Å². The summed E-state index contributed by atoms with van der Waals surface area (Å²) >= 11 is 4.79. The molecule has 2 unspecified atom stereocenters.